The number of methoxy groups -OCH3 is 1. The lowest BCUT2D eigenvalue weighted by Gasteiger charge is -2.09. The Kier molecular flexibility index (Phi) is 4.08. The molecule has 0 unspecified atom stereocenters. The Hall–Kier alpha value is -1.10. The number of ether oxygens (including phenoxy) is 1. The van der Waals surface area contributed by atoms with Gasteiger partial charge in [-0.15, -0.1) is 0 Å². The zero-order valence-electron chi connectivity index (χ0n) is 8.67. The third-order valence-corrected chi connectivity index (χ3v) is 2.47. The number of benzene rings is 1. The quantitative estimate of drug-likeness (QED) is 0.627. The van der Waals surface area contributed by atoms with Gasteiger partial charge in [0.05, 0.1) is 23.4 Å². The maximum Gasteiger partial charge on any atom is 0.144 e. The maximum absolute atomic E-state index is 13.7. The molecule has 0 spiro atoms. The molecule has 0 fully saturated rings. The average molecular weight is 276 g/mol. The van der Waals surface area contributed by atoms with Gasteiger partial charge in [0.2, 0.25) is 0 Å². The highest BCUT2D eigenvalue weighted by atomic mass is 79.9. The minimum absolute atomic E-state index is 0.270. The van der Waals surface area contributed by atoms with Gasteiger partial charge in [-0.25, -0.2) is 4.39 Å². The van der Waals surface area contributed by atoms with Crippen LogP contribution in [0.25, 0.3) is 0 Å². The smallest absolute Gasteiger partial charge is 0.144 e. The van der Waals surface area contributed by atoms with Crippen molar-refractivity contribution in [2.75, 3.05) is 14.2 Å². The molecular formula is C10H11BrFNO2. The van der Waals surface area contributed by atoms with Crippen LogP contribution in [0.5, 0.6) is 5.75 Å². The lowest BCUT2D eigenvalue weighted by Crippen LogP contribution is -1.99. The van der Waals surface area contributed by atoms with Crippen molar-refractivity contribution in [1.82, 2.24) is 0 Å². The van der Waals surface area contributed by atoms with E-state index in [2.05, 4.69) is 25.9 Å². The minimum Gasteiger partial charge on any atom is -0.495 e. The number of oxime groups is 1. The van der Waals surface area contributed by atoms with Crippen LogP contribution in [-0.2, 0) is 4.84 Å². The normalized spacial score (nSPS) is 10.7. The lowest BCUT2D eigenvalue weighted by molar-refractivity contribution is 0.215. The summed E-state index contributed by atoms with van der Waals surface area (Å²) in [6, 6.07) is 1.65. The first-order valence-electron chi connectivity index (χ1n) is 4.21. The van der Waals surface area contributed by atoms with Crippen LogP contribution in [0, 0.1) is 12.7 Å². The van der Waals surface area contributed by atoms with Gasteiger partial charge in [-0.05, 0) is 34.5 Å². The van der Waals surface area contributed by atoms with Crippen LogP contribution in [0.1, 0.15) is 11.1 Å². The van der Waals surface area contributed by atoms with E-state index in [1.165, 1.54) is 20.4 Å². The molecule has 0 bridgehead atoms. The molecule has 1 aromatic carbocycles. The van der Waals surface area contributed by atoms with E-state index in [1.54, 1.807) is 13.0 Å². The van der Waals surface area contributed by atoms with Crippen molar-refractivity contribution in [3.63, 3.8) is 0 Å². The molecule has 3 nitrogen and oxygen atoms in total. The highest BCUT2D eigenvalue weighted by Crippen LogP contribution is 2.31. The topological polar surface area (TPSA) is 30.8 Å². The fraction of sp³-hybridized carbons (Fsp3) is 0.300. The van der Waals surface area contributed by atoms with Gasteiger partial charge >= 0.3 is 0 Å². The van der Waals surface area contributed by atoms with Crippen molar-refractivity contribution in [3.05, 3.63) is 27.5 Å². The monoisotopic (exact) mass is 275 g/mol. The molecule has 5 heteroatoms. The molecule has 0 N–H and O–H groups in total. The van der Waals surface area contributed by atoms with Crippen molar-refractivity contribution in [3.8, 4) is 5.75 Å². The Morgan fingerprint density at radius 3 is 2.67 bits per heavy atom. The van der Waals surface area contributed by atoms with Gasteiger partial charge in [-0.2, -0.15) is 0 Å². The molecule has 82 valence electrons. The summed E-state index contributed by atoms with van der Waals surface area (Å²) >= 11 is 3.29. The summed E-state index contributed by atoms with van der Waals surface area (Å²) in [6.45, 7) is 1.67. The Morgan fingerprint density at radius 2 is 2.13 bits per heavy atom. The third kappa shape index (κ3) is 2.47. The Bertz CT molecular complexity index is 393. The van der Waals surface area contributed by atoms with Crippen LogP contribution >= 0.6 is 15.9 Å². The summed E-state index contributed by atoms with van der Waals surface area (Å²) in [7, 11) is 2.87. The molecule has 15 heavy (non-hydrogen) atoms. The number of halogens is 2. The number of hydrogen-bond donors (Lipinski definition) is 0. The first-order chi connectivity index (χ1) is 7.11. The van der Waals surface area contributed by atoms with Crippen molar-refractivity contribution >= 4 is 22.1 Å². The van der Waals surface area contributed by atoms with Gasteiger partial charge in [-0.3, -0.25) is 0 Å². The summed E-state index contributed by atoms with van der Waals surface area (Å²) in [6.07, 6.45) is 1.28. The second kappa shape index (κ2) is 5.11. The van der Waals surface area contributed by atoms with E-state index in [4.69, 9.17) is 4.74 Å². The molecule has 0 saturated heterocycles. The van der Waals surface area contributed by atoms with E-state index in [1.807, 2.05) is 0 Å². The second-order valence-electron chi connectivity index (χ2n) is 2.85. The van der Waals surface area contributed by atoms with Crippen LogP contribution in [0.4, 0.5) is 4.39 Å². The SMILES string of the molecule is CO/N=C/c1c(F)c(C)cc(Br)c1OC. The first kappa shape index (κ1) is 12.0. The maximum atomic E-state index is 13.7. The summed E-state index contributed by atoms with van der Waals surface area (Å²) < 4.78 is 19.5. The molecule has 0 amide bonds. The summed E-state index contributed by atoms with van der Waals surface area (Å²) in [5.41, 5.74) is 0.784. The predicted molar refractivity (Wildman–Crippen MR) is 60.0 cm³/mol. The highest BCUT2D eigenvalue weighted by molar-refractivity contribution is 9.10. The Labute approximate surface area is 96.0 Å². The first-order valence-corrected chi connectivity index (χ1v) is 5.00. The number of rotatable bonds is 3. The zero-order valence-corrected chi connectivity index (χ0v) is 10.3. The summed E-state index contributed by atoms with van der Waals surface area (Å²) in [5.74, 6) is 0.0368. The van der Waals surface area contributed by atoms with Crippen LogP contribution in [0.3, 0.4) is 0 Å². The molecule has 0 aliphatic carbocycles. The van der Waals surface area contributed by atoms with E-state index in [9.17, 15) is 4.39 Å². The summed E-state index contributed by atoms with van der Waals surface area (Å²) in [5, 5.41) is 3.53. The van der Waals surface area contributed by atoms with Gasteiger partial charge in [-0.1, -0.05) is 5.16 Å². The average Bonchev–Trinajstić information content (AvgIpc) is 2.21. The van der Waals surface area contributed by atoms with E-state index in [0.717, 1.165) is 0 Å². The highest BCUT2D eigenvalue weighted by Gasteiger charge is 2.14. The van der Waals surface area contributed by atoms with E-state index >= 15 is 0 Å². The fourth-order valence-electron chi connectivity index (χ4n) is 1.19. The minimum atomic E-state index is -0.365. The van der Waals surface area contributed by atoms with Crippen LogP contribution in [-0.4, -0.2) is 20.4 Å². The fourth-order valence-corrected chi connectivity index (χ4v) is 1.91. The lowest BCUT2D eigenvalue weighted by atomic mass is 10.1. The van der Waals surface area contributed by atoms with Crippen molar-refractivity contribution in [2.24, 2.45) is 5.16 Å². The standard InChI is InChI=1S/C10H11BrFNO2/c1-6-4-8(11)10(14-2)7(9(6)12)5-13-15-3/h4-5H,1-3H3/b13-5+. The van der Waals surface area contributed by atoms with Crippen molar-refractivity contribution < 1.29 is 14.0 Å². The summed E-state index contributed by atoms with van der Waals surface area (Å²) in [4.78, 5) is 4.51. The molecule has 1 aromatic rings. The Morgan fingerprint density at radius 1 is 1.47 bits per heavy atom. The predicted octanol–water partition coefficient (Wildman–Crippen LogP) is 2.89. The zero-order chi connectivity index (χ0) is 11.4. The van der Waals surface area contributed by atoms with Crippen molar-refractivity contribution in [1.29, 1.82) is 0 Å². The Balaban J connectivity index is 3.36. The number of nitrogens with zero attached hydrogens (tertiary/aromatic N) is 1. The van der Waals surface area contributed by atoms with E-state index in [0.29, 0.717) is 15.8 Å². The molecule has 0 radical (unpaired) electrons. The number of aryl methyl sites for hydroxylation is 1. The molecule has 1 rings (SSSR count). The molecule has 0 aliphatic heterocycles. The van der Waals surface area contributed by atoms with E-state index < -0.39 is 0 Å². The molecular weight excluding hydrogens is 265 g/mol. The van der Waals surface area contributed by atoms with Crippen LogP contribution < -0.4 is 4.74 Å². The van der Waals surface area contributed by atoms with Gasteiger partial charge < -0.3 is 9.57 Å². The molecule has 0 saturated carbocycles. The van der Waals surface area contributed by atoms with Crippen LogP contribution in [0.2, 0.25) is 0 Å². The largest absolute Gasteiger partial charge is 0.495 e. The second-order valence-corrected chi connectivity index (χ2v) is 3.71. The molecule has 0 atom stereocenters. The molecule has 0 heterocycles. The van der Waals surface area contributed by atoms with E-state index in [-0.39, 0.29) is 11.4 Å². The van der Waals surface area contributed by atoms with Gasteiger partial charge in [0.25, 0.3) is 0 Å². The molecule has 0 aliphatic rings. The third-order valence-electron chi connectivity index (χ3n) is 1.88. The van der Waals surface area contributed by atoms with Gasteiger partial charge in [0, 0.05) is 0 Å². The van der Waals surface area contributed by atoms with Crippen molar-refractivity contribution in [2.45, 2.75) is 6.92 Å². The molecule has 0 aromatic heterocycles. The van der Waals surface area contributed by atoms with Crippen LogP contribution in [0.15, 0.2) is 15.7 Å². The van der Waals surface area contributed by atoms with Gasteiger partial charge in [0.15, 0.2) is 0 Å². The number of hydrogen-bond acceptors (Lipinski definition) is 3. The van der Waals surface area contributed by atoms with Gasteiger partial charge in [0.1, 0.15) is 18.7 Å².